The Labute approximate surface area is 183 Å². The van der Waals surface area contributed by atoms with Crippen LogP contribution in [-0.4, -0.2) is 26.5 Å². The second kappa shape index (κ2) is 9.55. The second-order valence-corrected chi connectivity index (χ2v) is 7.80. The lowest BCUT2D eigenvalue weighted by Crippen LogP contribution is -2.40. The molecule has 2 N–H and O–H groups in total. The fourth-order valence-electron chi connectivity index (χ4n) is 3.73. The average molecular weight is 415 g/mol. The molecule has 152 valence electrons. The van der Waals surface area contributed by atoms with Gasteiger partial charge in [-0.2, -0.15) is 0 Å². The molecule has 0 radical (unpaired) electrons. The molecular weight excluding hydrogens is 388 g/mol. The molecular formula is C25H26N4S. The van der Waals surface area contributed by atoms with Gasteiger partial charge in [0.2, 0.25) is 0 Å². The number of benzene rings is 2. The van der Waals surface area contributed by atoms with Crippen molar-refractivity contribution in [3.05, 3.63) is 102 Å². The van der Waals surface area contributed by atoms with Crippen molar-refractivity contribution in [2.24, 2.45) is 0 Å². The number of fused-ring (bicyclic) bond motifs is 1. The molecule has 0 aliphatic heterocycles. The smallest absolute Gasteiger partial charge is 0.169 e. The molecule has 0 bridgehead atoms. The molecule has 2 heterocycles. The van der Waals surface area contributed by atoms with E-state index in [0.717, 1.165) is 23.8 Å². The number of aryl methyl sites for hydroxylation is 1. The Kier molecular flexibility index (Phi) is 6.40. The molecule has 0 aliphatic carbocycles. The normalized spacial score (nSPS) is 10.8. The highest BCUT2D eigenvalue weighted by Crippen LogP contribution is 2.22. The lowest BCUT2D eigenvalue weighted by Gasteiger charge is -2.26. The Morgan fingerprint density at radius 3 is 2.57 bits per heavy atom. The predicted molar refractivity (Wildman–Crippen MR) is 127 cm³/mol. The molecule has 0 unspecified atom stereocenters. The molecule has 2 aromatic heterocycles. The van der Waals surface area contributed by atoms with Crippen molar-refractivity contribution in [3.63, 3.8) is 0 Å². The molecule has 4 aromatic rings. The molecule has 0 aliphatic rings. The topological polar surface area (TPSA) is 44.0 Å². The van der Waals surface area contributed by atoms with Crippen LogP contribution in [0.1, 0.15) is 22.5 Å². The maximum absolute atomic E-state index is 5.78. The number of aromatic amines is 1. The lowest BCUT2D eigenvalue weighted by atomic mass is 10.1. The monoisotopic (exact) mass is 414 g/mol. The molecule has 0 saturated carbocycles. The van der Waals surface area contributed by atoms with Crippen LogP contribution in [0.25, 0.3) is 10.9 Å². The fourth-order valence-corrected chi connectivity index (χ4v) is 3.96. The number of hydrogen-bond acceptors (Lipinski definition) is 2. The van der Waals surface area contributed by atoms with Crippen LogP contribution in [0.3, 0.4) is 0 Å². The number of aromatic nitrogens is 2. The van der Waals surface area contributed by atoms with Crippen LogP contribution >= 0.6 is 12.2 Å². The Morgan fingerprint density at radius 1 is 1.00 bits per heavy atom. The number of H-pyrrole nitrogens is 1. The van der Waals surface area contributed by atoms with Crippen LogP contribution in [0.2, 0.25) is 0 Å². The summed E-state index contributed by atoms with van der Waals surface area (Å²) in [4.78, 5) is 10.2. The van der Waals surface area contributed by atoms with Crippen molar-refractivity contribution in [1.82, 2.24) is 20.2 Å². The zero-order valence-corrected chi connectivity index (χ0v) is 18.0. The number of thiocarbonyl (C=S) groups is 1. The van der Waals surface area contributed by atoms with E-state index >= 15 is 0 Å². The van der Waals surface area contributed by atoms with E-state index in [-0.39, 0.29) is 0 Å². The highest BCUT2D eigenvalue weighted by atomic mass is 32.1. The highest BCUT2D eigenvalue weighted by molar-refractivity contribution is 7.80. The minimum Gasteiger partial charge on any atom is -0.358 e. The van der Waals surface area contributed by atoms with Gasteiger partial charge in [0.25, 0.3) is 0 Å². The van der Waals surface area contributed by atoms with Gasteiger partial charge < -0.3 is 15.2 Å². The minimum atomic E-state index is 0.683. The molecule has 30 heavy (non-hydrogen) atoms. The summed E-state index contributed by atoms with van der Waals surface area (Å²) in [5.74, 6) is 0. The zero-order valence-electron chi connectivity index (χ0n) is 17.1. The van der Waals surface area contributed by atoms with Gasteiger partial charge in [-0.3, -0.25) is 4.98 Å². The zero-order chi connectivity index (χ0) is 20.8. The van der Waals surface area contributed by atoms with Crippen LogP contribution in [0.4, 0.5) is 0 Å². The van der Waals surface area contributed by atoms with Gasteiger partial charge in [0.05, 0.1) is 12.2 Å². The SMILES string of the molecule is Cc1[nH]c2ccccc2c1CCN(Cc1ccccn1)C(=S)NCc1ccccc1. The maximum atomic E-state index is 5.78. The van der Waals surface area contributed by atoms with Crippen LogP contribution in [0.5, 0.6) is 0 Å². The highest BCUT2D eigenvalue weighted by Gasteiger charge is 2.14. The molecule has 5 heteroatoms. The summed E-state index contributed by atoms with van der Waals surface area (Å²) < 4.78 is 0. The van der Waals surface area contributed by atoms with Crippen LogP contribution in [0.15, 0.2) is 79.0 Å². The Hall–Kier alpha value is -3.18. The first kappa shape index (κ1) is 20.1. The third-order valence-corrected chi connectivity index (χ3v) is 5.71. The van der Waals surface area contributed by atoms with Gasteiger partial charge >= 0.3 is 0 Å². The van der Waals surface area contributed by atoms with E-state index in [1.807, 2.05) is 42.6 Å². The quantitative estimate of drug-likeness (QED) is 0.418. The second-order valence-electron chi connectivity index (χ2n) is 7.41. The van der Waals surface area contributed by atoms with E-state index in [4.69, 9.17) is 12.2 Å². The van der Waals surface area contributed by atoms with Crippen LogP contribution in [-0.2, 0) is 19.5 Å². The van der Waals surface area contributed by atoms with Gasteiger partial charge in [-0.15, -0.1) is 0 Å². The van der Waals surface area contributed by atoms with Gasteiger partial charge in [0, 0.05) is 35.9 Å². The van der Waals surface area contributed by atoms with E-state index in [1.165, 1.54) is 27.7 Å². The number of nitrogens with one attached hydrogen (secondary N) is 2. The van der Waals surface area contributed by atoms with Gasteiger partial charge in [-0.1, -0.05) is 54.6 Å². The summed E-state index contributed by atoms with van der Waals surface area (Å²) >= 11 is 5.78. The Balaban J connectivity index is 1.49. The number of hydrogen-bond donors (Lipinski definition) is 2. The first-order valence-electron chi connectivity index (χ1n) is 10.2. The van der Waals surface area contributed by atoms with Gasteiger partial charge in [0.15, 0.2) is 5.11 Å². The summed E-state index contributed by atoms with van der Waals surface area (Å²) in [6.07, 6.45) is 2.74. The molecule has 4 rings (SSSR count). The third-order valence-electron chi connectivity index (χ3n) is 5.31. The van der Waals surface area contributed by atoms with Crippen molar-refractivity contribution in [3.8, 4) is 0 Å². The molecule has 2 aromatic carbocycles. The van der Waals surface area contributed by atoms with E-state index in [9.17, 15) is 0 Å². The predicted octanol–water partition coefficient (Wildman–Crippen LogP) is 4.99. The first-order chi connectivity index (χ1) is 14.7. The van der Waals surface area contributed by atoms with Crippen molar-refractivity contribution in [2.45, 2.75) is 26.4 Å². The lowest BCUT2D eigenvalue weighted by molar-refractivity contribution is 0.404. The summed E-state index contributed by atoms with van der Waals surface area (Å²) in [6.45, 7) is 4.36. The maximum Gasteiger partial charge on any atom is 0.169 e. The summed E-state index contributed by atoms with van der Waals surface area (Å²) in [5.41, 5.74) is 5.98. The number of para-hydroxylation sites is 1. The standard InChI is InChI=1S/C25H26N4S/c1-19-22(23-12-5-6-13-24(23)28-19)14-16-29(18-21-11-7-8-15-26-21)25(30)27-17-20-9-3-2-4-10-20/h2-13,15,28H,14,16-18H2,1H3,(H,27,30). The van der Waals surface area contributed by atoms with Gasteiger partial charge in [-0.05, 0) is 54.9 Å². The number of rotatable bonds is 7. The molecule has 0 saturated heterocycles. The summed E-state index contributed by atoms with van der Waals surface area (Å²) in [6, 6.07) is 24.8. The number of nitrogens with zero attached hydrogens (tertiary/aromatic N) is 2. The average Bonchev–Trinajstić information content (AvgIpc) is 3.11. The third kappa shape index (κ3) is 4.86. The molecule has 4 nitrogen and oxygen atoms in total. The first-order valence-corrected chi connectivity index (χ1v) is 10.6. The molecule has 0 fully saturated rings. The van der Waals surface area contributed by atoms with Gasteiger partial charge in [-0.25, -0.2) is 0 Å². The number of pyridine rings is 1. The molecule has 0 spiro atoms. The Morgan fingerprint density at radius 2 is 1.77 bits per heavy atom. The van der Waals surface area contributed by atoms with Crippen molar-refractivity contribution in [2.75, 3.05) is 6.54 Å². The van der Waals surface area contributed by atoms with E-state index in [2.05, 4.69) is 63.5 Å². The van der Waals surface area contributed by atoms with E-state index < -0.39 is 0 Å². The van der Waals surface area contributed by atoms with Crippen molar-refractivity contribution >= 4 is 28.2 Å². The Bertz CT molecular complexity index is 1110. The largest absolute Gasteiger partial charge is 0.358 e. The van der Waals surface area contributed by atoms with Crippen LogP contribution < -0.4 is 5.32 Å². The fraction of sp³-hybridized carbons (Fsp3) is 0.200. The van der Waals surface area contributed by atoms with E-state index in [1.54, 1.807) is 0 Å². The van der Waals surface area contributed by atoms with Crippen molar-refractivity contribution < 1.29 is 0 Å². The summed E-state index contributed by atoms with van der Waals surface area (Å²) in [7, 11) is 0. The molecule has 0 amide bonds. The summed E-state index contributed by atoms with van der Waals surface area (Å²) in [5, 5.41) is 5.46. The molecule has 0 atom stereocenters. The van der Waals surface area contributed by atoms with Crippen LogP contribution in [0, 0.1) is 6.92 Å². The van der Waals surface area contributed by atoms with Gasteiger partial charge in [0.1, 0.15) is 0 Å². The van der Waals surface area contributed by atoms with E-state index in [0.29, 0.717) is 13.1 Å². The van der Waals surface area contributed by atoms with Crippen molar-refractivity contribution in [1.29, 1.82) is 0 Å². The minimum absolute atomic E-state index is 0.683.